The zero-order valence-electron chi connectivity index (χ0n) is 121. The highest BCUT2D eigenvalue weighted by molar-refractivity contribution is 8.00. The van der Waals surface area contributed by atoms with Crippen molar-refractivity contribution in [3.05, 3.63) is 263 Å². The lowest BCUT2D eigenvalue weighted by Gasteiger charge is -2.16. The van der Waals surface area contributed by atoms with Gasteiger partial charge in [-0.1, -0.05) is 182 Å². The van der Waals surface area contributed by atoms with E-state index >= 15 is 0 Å². The molecular formula is C94H127FN6O17S7. The fourth-order valence-electron chi connectivity index (χ4n) is 8.76. The molecule has 0 heterocycles. The average Bonchev–Trinajstić information content (AvgIpc) is 0.766. The van der Waals surface area contributed by atoms with Crippen LogP contribution < -0.4 is 26.7 Å². The molecule has 0 aliphatic rings. The molecule has 10 rings (SSSR count). The van der Waals surface area contributed by atoms with Gasteiger partial charge in [-0.05, 0) is 251 Å². The Morgan fingerprint density at radius 1 is 0.352 bits per heavy atom. The third-order valence-corrected chi connectivity index (χ3v) is 22.8. The van der Waals surface area contributed by atoms with Gasteiger partial charge in [0.05, 0.1) is 90.2 Å². The lowest BCUT2D eigenvalue weighted by molar-refractivity contribution is 0.221. The number of nitrogen functional groups attached to an aromatic ring is 3. The zero-order chi connectivity index (χ0) is 140. The van der Waals surface area contributed by atoms with Crippen molar-refractivity contribution in [1.82, 2.24) is 14.7 Å². The fraction of sp³-hybridized carbons (Fsp3) is 0.362. The number of anilines is 3. The second-order valence-corrected chi connectivity index (χ2v) is 33.5. The van der Waals surface area contributed by atoms with E-state index in [2.05, 4.69) is 16.7 Å². The second-order valence-electron chi connectivity index (χ2n) is 24.0. The maximum absolute atomic E-state index is 13.7. The first-order chi connectivity index (χ1) is 79.6. The highest BCUT2D eigenvalue weighted by atomic mass is 32.2. The average molecular weight is 1910 g/mol. The maximum atomic E-state index is 13.7. The van der Waals surface area contributed by atoms with Gasteiger partial charge in [-0.25, -0.2) is 0 Å². The molecule has 10 aromatic carbocycles. The van der Waals surface area contributed by atoms with Crippen LogP contribution in [-0.2, 0) is 76.8 Å². The van der Waals surface area contributed by atoms with Gasteiger partial charge in [0.25, 0.3) is 40.5 Å². The first-order valence-corrected chi connectivity index (χ1v) is 43.3. The van der Waals surface area contributed by atoms with Crippen molar-refractivity contribution in [2.45, 2.75) is 174 Å². The fourth-order valence-corrected chi connectivity index (χ4v) is 14.5. The van der Waals surface area contributed by atoms with E-state index in [0.717, 1.165) is 90.1 Å². The van der Waals surface area contributed by atoms with Crippen LogP contribution in [0.1, 0.15) is 191 Å². The Morgan fingerprint density at radius 2 is 0.624 bits per heavy atom. The number of phenols is 1. The van der Waals surface area contributed by atoms with Crippen LogP contribution in [0.5, 0.6) is 17.2 Å². The monoisotopic (exact) mass is 1910 g/mol. The molecule has 10 aromatic rings. The highest BCUT2D eigenvalue weighted by Crippen LogP contribution is 2.39. The Balaban J connectivity index is 0.000000447. The molecule has 0 saturated carbocycles. The number of hydrogen-bond acceptors (Lipinski definition) is 26. The largest absolute Gasteiger partial charge is 0.508 e. The van der Waals surface area contributed by atoms with Crippen LogP contribution in [0.25, 0.3) is 0 Å². The van der Waals surface area contributed by atoms with E-state index in [1.54, 1.807) is 94.4 Å². The molecule has 31 heteroatoms. The summed E-state index contributed by atoms with van der Waals surface area (Å²) in [5, 5.41) is 26.6. The summed E-state index contributed by atoms with van der Waals surface area (Å²) >= 11 is 3.42. The number of halogens is 1. The number of aryl methyl sites for hydroxylation is 4. The van der Waals surface area contributed by atoms with Crippen LogP contribution in [0.2, 0.25) is 0 Å². The molecule has 0 unspecified atom stereocenters. The predicted molar refractivity (Wildman–Crippen MR) is 505 cm³/mol. The lowest BCUT2D eigenvalue weighted by Crippen LogP contribution is -2.12. The first kappa shape index (κ1) is 51.6. The number of alkyl halides is 1. The number of hydrogen-bond donors (Lipinski definition) is 6. The molecule has 0 saturated heterocycles. The van der Waals surface area contributed by atoms with Gasteiger partial charge < -0.3 is 56.7 Å². The van der Waals surface area contributed by atoms with Crippen LogP contribution >= 0.6 is 35.3 Å². The Morgan fingerprint density at radius 3 is 0.888 bits per heavy atom. The Hall–Kier alpha value is -8.58. The third kappa shape index (κ3) is 43.2. The quantitative estimate of drug-likeness (QED) is 0.0153. The normalized spacial score (nSPS) is 20.3. The number of para-hydroxylation sites is 3. The summed E-state index contributed by atoms with van der Waals surface area (Å²) in [7, 11) is -18.6. The molecule has 0 fully saturated rings. The molecule has 0 aliphatic heterocycles. The van der Waals surface area contributed by atoms with Gasteiger partial charge in [-0.2, -0.15) is 33.7 Å². The van der Waals surface area contributed by atoms with E-state index in [-0.39, 0.29) is 47.9 Å². The van der Waals surface area contributed by atoms with Crippen LogP contribution in [0, 0.1) is 27.7 Å². The minimum absolute atomic E-state index is 0.0190. The van der Waals surface area contributed by atoms with Gasteiger partial charge in [0.15, 0.2) is 0 Å². The summed E-state index contributed by atoms with van der Waals surface area (Å²) in [5.74, 6) is -0.923. The van der Waals surface area contributed by atoms with Gasteiger partial charge in [0.1, 0.15) is 17.2 Å². The number of aliphatic hydroxyl groups is 2. The van der Waals surface area contributed by atoms with Gasteiger partial charge in [-0.3, -0.25) is 21.1 Å². The molecule has 23 nitrogen and oxygen atoms in total. The van der Waals surface area contributed by atoms with E-state index in [9.17, 15) is 43.2 Å². The minimum atomic E-state index is -4.90. The summed E-state index contributed by atoms with van der Waals surface area (Å²) in [6.45, 7) is -42.2. The molecule has 0 amide bonds. The topological polar surface area (TPSA) is 340 Å². The summed E-state index contributed by atoms with van der Waals surface area (Å²) < 4.78 is 542. The number of benzene rings is 10. The predicted octanol–water partition coefficient (Wildman–Crippen LogP) is 19.2. The van der Waals surface area contributed by atoms with Gasteiger partial charge in [0, 0.05) is 141 Å². The van der Waals surface area contributed by atoms with E-state index < -0.39 is 228 Å². The Kier molecular flexibility index (Phi) is 24.2. The summed E-state index contributed by atoms with van der Waals surface area (Å²) in [4.78, 5) is 2.63. The lowest BCUT2D eigenvalue weighted by atomic mass is 10.2. The second kappa shape index (κ2) is 58.7. The number of rotatable bonds is 40. The number of nitrogens with two attached hydrogens (primary N) is 3. The standard InChI is InChI=1S/C25H30N2O4S2.C18H23FN2OS.C15H18N2OS.3C11H16O3S.C3H8O2/c1-19-9-12-22(13-10-19)33(28,29)31-16-6-15-30-21-11-14-24(20(17-21)18-27(2)3)32-25-8-5-4-7-23(25)26;1-21(2)13-14-12-15(22-11-5-10-19)8-9-17(14)23-18-7-4-3-6-16(18)20;1-17(2)10-11-9-12(18)7-8-14(11)19-15-6-4-3-5-13(15)16;3*1-3-4-9-14-15(12,13)11-7-5-10(2)6-8-11;4-2-1-3-5/h4-5,7-14,17H,6,15-16,18,26H2,1-3H3;3-4,6-9,12H,5,10-11,13,20H2,1-2H3;3-9,18H,10,16H2,1-2H3;3*5-8H,3-4,9H2,1-2H3;4-5H,1-3H2/i2D3,3D3,6D2,15D2,16D2;1D3,2D3,5D2,10D2,11D2;1D3,2D3;3*3D2,4D2,9D2;1D2,2D2,3D2. The molecule has 0 spiro atoms. The van der Waals surface area contributed by atoms with Crippen molar-refractivity contribution in [3.8, 4) is 17.2 Å². The van der Waals surface area contributed by atoms with Crippen LogP contribution in [0.15, 0.2) is 273 Å². The van der Waals surface area contributed by atoms with Crippen LogP contribution in [-0.4, -0.2) is 165 Å². The van der Waals surface area contributed by atoms with E-state index in [0.29, 0.717) is 57.6 Å². The summed E-state index contributed by atoms with van der Waals surface area (Å²) in [6, 6.07) is 53.4. The van der Waals surface area contributed by atoms with E-state index in [4.69, 9.17) is 111 Å². The molecule has 684 valence electrons. The van der Waals surface area contributed by atoms with Crippen molar-refractivity contribution in [2.75, 3.05) is 118 Å². The maximum Gasteiger partial charge on any atom is 0.296 e. The number of ether oxygens (including phenoxy) is 2. The summed E-state index contributed by atoms with van der Waals surface area (Å²) in [6.07, 6.45) is -28.3. The van der Waals surface area contributed by atoms with Gasteiger partial charge >= 0.3 is 0 Å². The van der Waals surface area contributed by atoms with Gasteiger partial charge in [0.2, 0.25) is 0 Å². The minimum Gasteiger partial charge on any atom is -0.508 e. The summed E-state index contributed by atoms with van der Waals surface area (Å²) in [5.41, 5.74) is 22.7. The third-order valence-electron chi connectivity index (χ3n) is 14.5. The van der Waals surface area contributed by atoms with Crippen LogP contribution in [0.3, 0.4) is 0 Å². The SMILES string of the molecule is [2H]C([2H])(C)C([2H])([2H])C([2H])([2H])OS(=O)(=O)c1ccc(C)cc1.[2H]C([2H])(C)C([2H])([2H])C([2H])([2H])OS(=O)(=O)c1ccc(C)cc1.[2H]C([2H])(C)C([2H])([2H])C([2H])([2H])OS(=O)(=O)c1ccc(C)cc1.[2H]C([2H])(O)C([2H])([2H])C([2H])([2H])O.[2H]C([2H])([2H])N(Cc1cc(O)ccc1Sc1ccccc1N)C([2H])([2H])[2H].[2H]C([2H])([2H])N(Cc1cc(OC([2H])([2H])C([2H])([2H])C([2H])([2H])F)ccc1Sc1ccccc1N)C([2H])([2H])[2H].[2H]C([2H])([2H])N(Cc1cc(OC([2H])([2H])C([2H])([2H])C([2H])([2H])OS(=O)(=O)c2ccc(C)cc2)ccc1Sc1ccccc1N)C([2H])([2H])[2H]. The van der Waals surface area contributed by atoms with E-state index in [1.165, 1.54) is 133 Å². The van der Waals surface area contributed by atoms with Crippen molar-refractivity contribution in [3.63, 3.8) is 0 Å². The smallest absolute Gasteiger partial charge is 0.296 e. The van der Waals surface area contributed by atoms with Crippen molar-refractivity contribution >= 4 is 92.8 Å². The number of phenolic OH excluding ortho intramolecular Hbond substituents is 1. The molecule has 0 aromatic heterocycles. The van der Waals surface area contributed by atoms with E-state index in [1.807, 2.05) is 12.1 Å². The zero-order valence-corrected chi connectivity index (χ0v) is 73.1. The van der Waals surface area contributed by atoms with Crippen molar-refractivity contribution in [1.29, 1.82) is 0 Å². The van der Waals surface area contributed by atoms with Crippen LogP contribution in [0.4, 0.5) is 21.5 Å². The molecule has 0 radical (unpaired) electrons. The molecule has 125 heavy (non-hydrogen) atoms. The molecule has 0 aliphatic carbocycles. The number of aromatic hydroxyl groups is 1. The molecule has 0 atom stereocenters. The molecular weight excluding hydrogens is 1730 g/mol. The van der Waals surface area contributed by atoms with Crippen molar-refractivity contribution in [2.24, 2.45) is 0 Å². The highest BCUT2D eigenvalue weighted by Gasteiger charge is 2.20. The first-order valence-electron chi connectivity index (χ1n) is 62.2. The molecule has 0 bridgehead atoms. The Bertz CT molecular complexity index is 7450. The Labute approximate surface area is 831 Å². The molecule has 9 N–H and O–H groups in total. The number of nitrogens with zero attached hydrogens (tertiary/aromatic N) is 3. The van der Waals surface area contributed by atoms with Crippen molar-refractivity contribution < 1.29 is 154 Å². The van der Waals surface area contributed by atoms with Gasteiger partial charge in [-0.15, -0.1) is 0 Å².